The first-order chi connectivity index (χ1) is 9.69. The largest absolute Gasteiger partial charge is 0.395 e. The summed E-state index contributed by atoms with van der Waals surface area (Å²) >= 11 is 0. The molecule has 0 aliphatic rings. The van der Waals surface area contributed by atoms with Crippen LogP contribution in [-0.2, 0) is 6.42 Å². The van der Waals surface area contributed by atoms with Crippen molar-refractivity contribution in [3.63, 3.8) is 0 Å². The summed E-state index contributed by atoms with van der Waals surface area (Å²) in [5, 5.41) is 12.9. The maximum Gasteiger partial charge on any atom is 0.123 e. The van der Waals surface area contributed by atoms with Crippen molar-refractivity contribution < 1.29 is 9.50 Å². The van der Waals surface area contributed by atoms with Gasteiger partial charge in [-0.1, -0.05) is 42.5 Å². The minimum atomic E-state index is -0.232. The number of aliphatic hydroxyl groups is 1. The molecule has 0 aromatic heterocycles. The third kappa shape index (κ3) is 4.15. The van der Waals surface area contributed by atoms with E-state index in [1.54, 1.807) is 12.1 Å². The second-order valence-electron chi connectivity index (χ2n) is 5.01. The van der Waals surface area contributed by atoms with Crippen molar-refractivity contribution in [2.24, 2.45) is 0 Å². The van der Waals surface area contributed by atoms with Crippen molar-refractivity contribution in [1.82, 2.24) is 5.32 Å². The Bertz CT molecular complexity index is 512. The van der Waals surface area contributed by atoms with Gasteiger partial charge in [0.05, 0.1) is 6.61 Å². The molecule has 106 valence electrons. The van der Waals surface area contributed by atoms with Gasteiger partial charge in [-0.25, -0.2) is 4.39 Å². The molecule has 0 radical (unpaired) electrons. The van der Waals surface area contributed by atoms with Crippen molar-refractivity contribution in [1.29, 1.82) is 0 Å². The first-order valence-corrected chi connectivity index (χ1v) is 6.85. The van der Waals surface area contributed by atoms with Gasteiger partial charge in [-0.05, 0) is 36.6 Å². The zero-order valence-electron chi connectivity index (χ0n) is 11.6. The van der Waals surface area contributed by atoms with Crippen LogP contribution in [-0.4, -0.2) is 17.8 Å². The lowest BCUT2D eigenvalue weighted by atomic mass is 10.0. The summed E-state index contributed by atoms with van der Waals surface area (Å²) in [4.78, 5) is 0. The van der Waals surface area contributed by atoms with Crippen LogP contribution in [0, 0.1) is 5.82 Å². The van der Waals surface area contributed by atoms with E-state index in [9.17, 15) is 9.50 Å². The molecule has 0 spiro atoms. The van der Waals surface area contributed by atoms with Crippen LogP contribution in [0.25, 0.3) is 0 Å². The minimum absolute atomic E-state index is 0.0162. The van der Waals surface area contributed by atoms with Gasteiger partial charge in [-0.15, -0.1) is 0 Å². The van der Waals surface area contributed by atoms with Gasteiger partial charge in [0.2, 0.25) is 0 Å². The van der Waals surface area contributed by atoms with E-state index in [-0.39, 0.29) is 24.5 Å². The molecular formula is C17H20FNO. The zero-order valence-corrected chi connectivity index (χ0v) is 11.6. The van der Waals surface area contributed by atoms with Crippen molar-refractivity contribution >= 4 is 0 Å². The average molecular weight is 273 g/mol. The van der Waals surface area contributed by atoms with E-state index in [1.807, 2.05) is 37.3 Å². The highest BCUT2D eigenvalue weighted by Gasteiger charge is 2.13. The van der Waals surface area contributed by atoms with Gasteiger partial charge in [0.15, 0.2) is 0 Å². The molecule has 2 atom stereocenters. The van der Waals surface area contributed by atoms with E-state index < -0.39 is 0 Å². The molecule has 20 heavy (non-hydrogen) atoms. The molecule has 2 N–H and O–H groups in total. The number of hydrogen-bond donors (Lipinski definition) is 2. The zero-order chi connectivity index (χ0) is 14.4. The van der Waals surface area contributed by atoms with Crippen LogP contribution in [0.1, 0.15) is 24.1 Å². The number of hydrogen-bond acceptors (Lipinski definition) is 2. The fraction of sp³-hybridized carbons (Fsp3) is 0.294. The predicted molar refractivity (Wildman–Crippen MR) is 79.0 cm³/mol. The molecule has 2 nitrogen and oxygen atoms in total. The Labute approximate surface area is 119 Å². The maximum atomic E-state index is 12.9. The molecule has 0 amide bonds. The fourth-order valence-corrected chi connectivity index (χ4v) is 2.28. The maximum absolute atomic E-state index is 12.9. The third-order valence-corrected chi connectivity index (χ3v) is 3.40. The van der Waals surface area contributed by atoms with Crippen molar-refractivity contribution in [3.8, 4) is 0 Å². The van der Waals surface area contributed by atoms with Crippen molar-refractivity contribution in [2.75, 3.05) is 6.61 Å². The molecule has 2 aromatic carbocycles. The highest BCUT2D eigenvalue weighted by molar-refractivity contribution is 5.20. The van der Waals surface area contributed by atoms with Crippen LogP contribution < -0.4 is 5.32 Å². The van der Waals surface area contributed by atoms with Crippen LogP contribution in [0.5, 0.6) is 0 Å². The molecule has 2 aromatic rings. The van der Waals surface area contributed by atoms with E-state index >= 15 is 0 Å². The van der Waals surface area contributed by atoms with Crippen LogP contribution in [0.15, 0.2) is 54.6 Å². The normalized spacial score (nSPS) is 13.9. The highest BCUT2D eigenvalue weighted by Crippen LogP contribution is 2.14. The number of aliphatic hydroxyl groups excluding tert-OH is 1. The standard InChI is InChI=1S/C17H20FNO/c1-13(15-7-9-16(18)10-8-15)19-17(12-20)11-14-5-3-2-4-6-14/h2-10,13,17,19-20H,11-12H2,1H3/t13?,17-/m0/s1. The summed E-state index contributed by atoms with van der Waals surface area (Å²) in [6.07, 6.45) is 0.767. The fourth-order valence-electron chi connectivity index (χ4n) is 2.28. The Kier molecular flexibility index (Phi) is 5.27. The topological polar surface area (TPSA) is 32.3 Å². The van der Waals surface area contributed by atoms with E-state index in [4.69, 9.17) is 0 Å². The van der Waals surface area contributed by atoms with E-state index in [2.05, 4.69) is 5.32 Å². The molecule has 3 heteroatoms. The van der Waals surface area contributed by atoms with E-state index in [1.165, 1.54) is 17.7 Å². The molecule has 1 unspecified atom stereocenters. The number of nitrogens with one attached hydrogen (secondary N) is 1. The molecule has 0 bridgehead atoms. The van der Waals surface area contributed by atoms with E-state index in [0.717, 1.165) is 12.0 Å². The SMILES string of the molecule is CC(N[C@H](CO)Cc1ccccc1)c1ccc(F)cc1. The summed E-state index contributed by atoms with van der Waals surface area (Å²) in [5.41, 5.74) is 2.20. The molecule has 0 aliphatic carbocycles. The first-order valence-electron chi connectivity index (χ1n) is 6.85. The lowest BCUT2D eigenvalue weighted by Crippen LogP contribution is -2.36. The Hall–Kier alpha value is -1.71. The van der Waals surface area contributed by atoms with Gasteiger partial charge in [0.1, 0.15) is 5.82 Å². The monoisotopic (exact) mass is 273 g/mol. The van der Waals surface area contributed by atoms with Gasteiger partial charge >= 0.3 is 0 Å². The minimum Gasteiger partial charge on any atom is -0.395 e. The Morgan fingerprint density at radius 2 is 1.70 bits per heavy atom. The predicted octanol–water partition coefficient (Wildman–Crippen LogP) is 3.08. The second kappa shape index (κ2) is 7.17. The summed E-state index contributed by atoms with van der Waals surface area (Å²) < 4.78 is 12.9. The molecule has 0 fully saturated rings. The van der Waals surface area contributed by atoms with Gasteiger partial charge in [-0.2, -0.15) is 0 Å². The number of benzene rings is 2. The second-order valence-corrected chi connectivity index (χ2v) is 5.01. The number of halogens is 1. The Morgan fingerprint density at radius 3 is 2.30 bits per heavy atom. The van der Waals surface area contributed by atoms with Crippen molar-refractivity contribution in [3.05, 3.63) is 71.5 Å². The van der Waals surface area contributed by atoms with Crippen LogP contribution in [0.2, 0.25) is 0 Å². The summed E-state index contributed by atoms with van der Waals surface area (Å²) in [5.74, 6) is -0.232. The molecular weight excluding hydrogens is 253 g/mol. The lowest BCUT2D eigenvalue weighted by molar-refractivity contribution is 0.232. The molecule has 0 heterocycles. The Morgan fingerprint density at radius 1 is 1.05 bits per heavy atom. The summed E-state index contributed by atoms with van der Waals surface area (Å²) in [7, 11) is 0. The quantitative estimate of drug-likeness (QED) is 0.847. The lowest BCUT2D eigenvalue weighted by Gasteiger charge is -2.22. The van der Waals surface area contributed by atoms with Gasteiger partial charge in [0, 0.05) is 12.1 Å². The number of rotatable bonds is 6. The smallest absolute Gasteiger partial charge is 0.123 e. The van der Waals surface area contributed by atoms with Crippen LogP contribution >= 0.6 is 0 Å². The van der Waals surface area contributed by atoms with Crippen molar-refractivity contribution in [2.45, 2.75) is 25.4 Å². The van der Waals surface area contributed by atoms with E-state index in [0.29, 0.717) is 0 Å². The van der Waals surface area contributed by atoms with Crippen LogP contribution in [0.4, 0.5) is 4.39 Å². The average Bonchev–Trinajstić information content (AvgIpc) is 2.48. The Balaban J connectivity index is 1.97. The highest BCUT2D eigenvalue weighted by atomic mass is 19.1. The molecule has 0 saturated heterocycles. The van der Waals surface area contributed by atoms with Gasteiger partial charge in [0.25, 0.3) is 0 Å². The summed E-state index contributed by atoms with van der Waals surface area (Å²) in [6, 6.07) is 16.6. The molecule has 0 aliphatic heterocycles. The molecule has 0 saturated carbocycles. The van der Waals surface area contributed by atoms with Gasteiger partial charge < -0.3 is 10.4 Å². The first kappa shape index (κ1) is 14.7. The van der Waals surface area contributed by atoms with Crippen LogP contribution in [0.3, 0.4) is 0 Å². The summed E-state index contributed by atoms with van der Waals surface area (Å²) in [6.45, 7) is 2.08. The van der Waals surface area contributed by atoms with Gasteiger partial charge in [-0.3, -0.25) is 0 Å². The third-order valence-electron chi connectivity index (χ3n) is 3.40. The molecule has 2 rings (SSSR count).